The minimum Gasteiger partial charge on any atom is -0.342 e. The summed E-state index contributed by atoms with van der Waals surface area (Å²) >= 11 is 0. The van der Waals surface area contributed by atoms with Gasteiger partial charge in [0.15, 0.2) is 0 Å². The predicted octanol–water partition coefficient (Wildman–Crippen LogP) is 4.73. The fourth-order valence-electron chi connectivity index (χ4n) is 7.99. The highest BCUT2D eigenvalue weighted by molar-refractivity contribution is 6.00. The molecule has 0 saturated carbocycles. The van der Waals surface area contributed by atoms with Gasteiger partial charge in [-0.3, -0.25) is 29.0 Å². The smallest absolute Gasteiger partial charge is 0.247 e. The number of benzene rings is 2. The molecular weight excluding hydrogens is 616 g/mol. The SMILES string of the molecule is CC(C)[C@@H](CN1CCC[C@H]1C(=O)N1CCC[C@H]1C(=O)Nc1ccc2ccccc2c1)N(C)C(=O)[C@@H](NC(=O)[C@H]1CCCCN1C)C(C)(C)C. The lowest BCUT2D eigenvalue weighted by Crippen LogP contribution is -2.61. The summed E-state index contributed by atoms with van der Waals surface area (Å²) in [5.41, 5.74) is 0.244. The van der Waals surface area contributed by atoms with E-state index in [4.69, 9.17) is 0 Å². The quantitative estimate of drug-likeness (QED) is 0.378. The number of likely N-dealkylation sites (N-methyl/N-ethyl adjacent to an activating group) is 2. The fourth-order valence-corrected chi connectivity index (χ4v) is 7.99. The number of carbonyl (C=O) groups is 4. The van der Waals surface area contributed by atoms with Crippen LogP contribution >= 0.6 is 0 Å². The van der Waals surface area contributed by atoms with Crippen molar-refractivity contribution in [3.8, 4) is 0 Å². The van der Waals surface area contributed by atoms with Gasteiger partial charge in [0, 0.05) is 31.9 Å². The van der Waals surface area contributed by atoms with Gasteiger partial charge >= 0.3 is 0 Å². The first-order valence-electron chi connectivity index (χ1n) is 18.4. The third-order valence-corrected chi connectivity index (χ3v) is 11.0. The highest BCUT2D eigenvalue weighted by atomic mass is 16.2. The van der Waals surface area contributed by atoms with Crippen LogP contribution in [-0.4, -0.2) is 114 Å². The maximum atomic E-state index is 14.2. The van der Waals surface area contributed by atoms with Crippen LogP contribution < -0.4 is 10.6 Å². The van der Waals surface area contributed by atoms with Gasteiger partial charge in [0.1, 0.15) is 12.1 Å². The lowest BCUT2D eigenvalue weighted by Gasteiger charge is -2.41. The summed E-state index contributed by atoms with van der Waals surface area (Å²) < 4.78 is 0. The number of rotatable bonds is 10. The molecule has 2 aromatic carbocycles. The number of nitrogens with one attached hydrogen (secondary N) is 2. The standard InChI is InChI=1S/C39H58N6O4/c1-26(2)33(43(7)38(49)34(39(3,4)5)41-35(46)30-16-10-11-21-42(30)6)25-44-22-12-18-32(44)37(48)45-23-13-17-31(45)36(47)40-29-20-19-27-14-8-9-15-28(27)24-29/h8-9,14-15,19-20,24,26,30-34H,10-13,16-18,21-23,25H2,1-7H3,(H,40,47)(H,41,46)/t30-,31+,32+,33-,34-/m1/s1. The van der Waals surface area contributed by atoms with Crippen LogP contribution in [0.3, 0.4) is 0 Å². The molecule has 2 aromatic rings. The monoisotopic (exact) mass is 674 g/mol. The van der Waals surface area contributed by atoms with Gasteiger partial charge in [-0.15, -0.1) is 0 Å². The maximum Gasteiger partial charge on any atom is 0.247 e. The zero-order chi connectivity index (χ0) is 35.5. The maximum absolute atomic E-state index is 14.2. The van der Waals surface area contributed by atoms with Crippen LogP contribution in [0.2, 0.25) is 0 Å². The zero-order valence-corrected chi connectivity index (χ0v) is 30.7. The van der Waals surface area contributed by atoms with Gasteiger partial charge in [-0.2, -0.15) is 0 Å². The second kappa shape index (κ2) is 15.6. The lowest BCUT2D eigenvalue weighted by molar-refractivity contribution is -0.143. The number of hydrogen-bond donors (Lipinski definition) is 2. The molecule has 0 aliphatic carbocycles. The highest BCUT2D eigenvalue weighted by Gasteiger charge is 2.43. The number of anilines is 1. The van der Waals surface area contributed by atoms with Crippen LogP contribution in [0.1, 0.15) is 79.6 Å². The van der Waals surface area contributed by atoms with E-state index in [0.717, 1.165) is 68.1 Å². The van der Waals surface area contributed by atoms with Gasteiger partial charge in [-0.1, -0.05) is 71.4 Å². The first-order valence-corrected chi connectivity index (χ1v) is 18.4. The molecule has 10 heteroatoms. The van der Waals surface area contributed by atoms with Crippen molar-refractivity contribution in [2.24, 2.45) is 11.3 Å². The van der Waals surface area contributed by atoms with E-state index < -0.39 is 17.5 Å². The molecule has 268 valence electrons. The topological polar surface area (TPSA) is 105 Å². The van der Waals surface area contributed by atoms with Crippen LogP contribution in [0.15, 0.2) is 42.5 Å². The first-order chi connectivity index (χ1) is 23.3. The number of amides is 4. The van der Waals surface area contributed by atoms with E-state index in [1.807, 2.05) is 77.3 Å². The molecule has 3 aliphatic rings. The van der Waals surface area contributed by atoms with Gasteiger partial charge < -0.3 is 20.4 Å². The Hall–Kier alpha value is -3.50. The molecule has 5 atom stereocenters. The van der Waals surface area contributed by atoms with Crippen LogP contribution in [0, 0.1) is 11.3 Å². The lowest BCUT2D eigenvalue weighted by atomic mass is 9.84. The summed E-state index contributed by atoms with van der Waals surface area (Å²) in [5.74, 6) is -0.212. The van der Waals surface area contributed by atoms with Crippen molar-refractivity contribution in [1.29, 1.82) is 0 Å². The Bertz CT molecular complexity index is 1500. The van der Waals surface area contributed by atoms with Gasteiger partial charge in [-0.05, 0) is 92.9 Å². The minimum atomic E-state index is -0.677. The van der Waals surface area contributed by atoms with Crippen molar-refractivity contribution in [3.05, 3.63) is 42.5 Å². The summed E-state index contributed by atoms with van der Waals surface area (Å²) in [5, 5.41) is 8.38. The van der Waals surface area contributed by atoms with E-state index in [1.165, 1.54) is 0 Å². The van der Waals surface area contributed by atoms with Gasteiger partial charge in [0.2, 0.25) is 23.6 Å². The van der Waals surface area contributed by atoms with E-state index in [0.29, 0.717) is 19.5 Å². The Morgan fingerprint density at radius 2 is 1.51 bits per heavy atom. The first kappa shape index (κ1) is 36.8. The molecule has 0 aromatic heterocycles. The highest BCUT2D eigenvalue weighted by Crippen LogP contribution is 2.29. The average molecular weight is 675 g/mol. The third-order valence-electron chi connectivity index (χ3n) is 11.0. The van der Waals surface area contributed by atoms with E-state index in [2.05, 4.69) is 34.3 Å². The molecule has 3 saturated heterocycles. The molecule has 49 heavy (non-hydrogen) atoms. The van der Waals surface area contributed by atoms with Crippen molar-refractivity contribution < 1.29 is 19.2 Å². The van der Waals surface area contributed by atoms with Crippen molar-refractivity contribution in [2.45, 2.75) is 110 Å². The minimum absolute atomic E-state index is 0.00146. The Morgan fingerprint density at radius 3 is 2.20 bits per heavy atom. The van der Waals surface area contributed by atoms with Crippen LogP contribution in [0.5, 0.6) is 0 Å². The molecule has 2 N–H and O–H groups in total. The molecule has 3 heterocycles. The predicted molar refractivity (Wildman–Crippen MR) is 195 cm³/mol. The molecule has 0 radical (unpaired) electrons. The van der Waals surface area contributed by atoms with Crippen molar-refractivity contribution in [1.82, 2.24) is 24.9 Å². The van der Waals surface area contributed by atoms with Gasteiger partial charge in [0.05, 0.1) is 12.1 Å². The van der Waals surface area contributed by atoms with E-state index in [9.17, 15) is 19.2 Å². The second-order valence-electron chi connectivity index (χ2n) is 16.0. The summed E-state index contributed by atoms with van der Waals surface area (Å²) in [4.78, 5) is 63.3. The van der Waals surface area contributed by atoms with Crippen LogP contribution in [-0.2, 0) is 19.2 Å². The summed E-state index contributed by atoms with van der Waals surface area (Å²) in [6, 6.07) is 12.0. The number of likely N-dealkylation sites (tertiary alicyclic amines) is 3. The number of fused-ring (bicyclic) bond motifs is 1. The molecule has 0 bridgehead atoms. The Balaban J connectivity index is 1.25. The Morgan fingerprint density at radius 1 is 0.837 bits per heavy atom. The average Bonchev–Trinajstić information content (AvgIpc) is 3.75. The van der Waals surface area contributed by atoms with Gasteiger partial charge in [0.25, 0.3) is 0 Å². The fraction of sp³-hybridized carbons (Fsp3) is 0.641. The van der Waals surface area contributed by atoms with Crippen molar-refractivity contribution in [2.75, 3.05) is 45.6 Å². The summed E-state index contributed by atoms with van der Waals surface area (Å²) in [6.07, 6.45) is 5.93. The molecule has 4 amide bonds. The third kappa shape index (κ3) is 8.46. The Labute approximate surface area is 292 Å². The normalized spacial score (nSPS) is 23.4. The largest absolute Gasteiger partial charge is 0.342 e. The molecule has 0 unspecified atom stereocenters. The van der Waals surface area contributed by atoms with Gasteiger partial charge in [-0.25, -0.2) is 0 Å². The van der Waals surface area contributed by atoms with E-state index in [-0.39, 0.29) is 47.7 Å². The molecule has 0 spiro atoms. The molecule has 3 fully saturated rings. The summed E-state index contributed by atoms with van der Waals surface area (Å²) in [6.45, 7) is 13.0. The zero-order valence-electron chi connectivity index (χ0n) is 30.7. The molecular formula is C39H58N6O4. The second-order valence-corrected chi connectivity index (χ2v) is 16.0. The van der Waals surface area contributed by atoms with Crippen LogP contribution in [0.25, 0.3) is 10.8 Å². The van der Waals surface area contributed by atoms with E-state index >= 15 is 0 Å². The number of carbonyl (C=O) groups excluding carboxylic acids is 4. The number of piperidine rings is 1. The van der Waals surface area contributed by atoms with Crippen LogP contribution in [0.4, 0.5) is 5.69 Å². The number of hydrogen-bond acceptors (Lipinski definition) is 6. The van der Waals surface area contributed by atoms with Crippen molar-refractivity contribution in [3.63, 3.8) is 0 Å². The molecule has 3 aliphatic heterocycles. The molecule has 5 rings (SSSR count). The number of nitrogens with zero attached hydrogens (tertiary/aromatic N) is 4. The van der Waals surface area contributed by atoms with E-state index in [1.54, 1.807) is 9.80 Å². The Kier molecular flexibility index (Phi) is 11.7. The van der Waals surface area contributed by atoms with Crippen molar-refractivity contribution >= 4 is 40.1 Å². The summed E-state index contributed by atoms with van der Waals surface area (Å²) in [7, 11) is 3.82. The molecule has 10 nitrogen and oxygen atoms in total.